The van der Waals surface area contributed by atoms with Crippen molar-refractivity contribution in [2.24, 2.45) is 5.73 Å². The maximum Gasteiger partial charge on any atom is 0.263 e. The summed E-state index contributed by atoms with van der Waals surface area (Å²) in [6, 6.07) is 4.73. The van der Waals surface area contributed by atoms with Crippen LogP contribution in [0.5, 0.6) is 0 Å². The third kappa shape index (κ3) is 3.78. The molecule has 0 atom stereocenters. The quantitative estimate of drug-likeness (QED) is 0.829. The van der Waals surface area contributed by atoms with Crippen LogP contribution < -0.4 is 10.5 Å². The van der Waals surface area contributed by atoms with Crippen LogP contribution in [0.25, 0.3) is 0 Å². The summed E-state index contributed by atoms with van der Waals surface area (Å²) in [4.78, 5) is 0.158. The molecule has 2 aromatic rings. The first-order valence-electron chi connectivity index (χ1n) is 6.05. The summed E-state index contributed by atoms with van der Waals surface area (Å²) in [6.45, 7) is 3.82. The predicted octanol–water partition coefficient (Wildman–Crippen LogP) is 1.27. The van der Waals surface area contributed by atoms with Gasteiger partial charge in [0.05, 0.1) is 11.4 Å². The molecule has 21 heavy (non-hydrogen) atoms. The molecular weight excluding hydrogens is 308 g/mol. The highest BCUT2D eigenvalue weighted by atomic mass is 32.2. The van der Waals surface area contributed by atoms with Gasteiger partial charge in [0, 0.05) is 5.56 Å². The highest BCUT2D eigenvalue weighted by Gasteiger charge is 2.17. The first kappa shape index (κ1) is 15.4. The minimum absolute atomic E-state index is 0.158. The van der Waals surface area contributed by atoms with Crippen molar-refractivity contribution >= 4 is 26.5 Å². The van der Waals surface area contributed by atoms with E-state index >= 15 is 0 Å². The van der Waals surface area contributed by atoms with Crippen LogP contribution in [-0.4, -0.2) is 25.2 Å². The zero-order valence-corrected chi connectivity index (χ0v) is 13.2. The standard InChI is InChI=1S/C13H14N4O2S2/c1-9-8-12(6-5-11(9)4-3-7-14)21(18,19)17-13-16-15-10(2)20-13/h5-6,8H,7,14H2,1-2H3,(H,16,17). The van der Waals surface area contributed by atoms with Gasteiger partial charge in [0.15, 0.2) is 0 Å². The number of aryl methyl sites for hydroxylation is 2. The molecule has 0 bridgehead atoms. The lowest BCUT2D eigenvalue weighted by atomic mass is 10.1. The molecule has 0 fully saturated rings. The fraction of sp³-hybridized carbons (Fsp3) is 0.231. The second-order valence-electron chi connectivity index (χ2n) is 4.21. The van der Waals surface area contributed by atoms with Crippen molar-refractivity contribution in [3.05, 3.63) is 34.3 Å². The Bertz CT molecular complexity index is 816. The molecule has 6 nitrogen and oxygen atoms in total. The number of nitrogens with zero attached hydrogens (tertiary/aromatic N) is 2. The molecule has 0 amide bonds. The third-order valence-corrected chi connectivity index (χ3v) is 4.80. The summed E-state index contributed by atoms with van der Waals surface area (Å²) < 4.78 is 26.9. The third-order valence-electron chi connectivity index (χ3n) is 2.58. The van der Waals surface area contributed by atoms with Crippen LogP contribution in [0.15, 0.2) is 23.1 Å². The molecule has 2 rings (SSSR count). The summed E-state index contributed by atoms with van der Waals surface area (Å²) in [7, 11) is -3.67. The van der Waals surface area contributed by atoms with Crippen molar-refractivity contribution < 1.29 is 8.42 Å². The van der Waals surface area contributed by atoms with Gasteiger partial charge in [-0.2, -0.15) is 0 Å². The summed E-state index contributed by atoms with van der Waals surface area (Å²) >= 11 is 1.18. The van der Waals surface area contributed by atoms with E-state index in [4.69, 9.17) is 5.73 Å². The maximum absolute atomic E-state index is 12.3. The van der Waals surface area contributed by atoms with Crippen LogP contribution >= 0.6 is 11.3 Å². The molecule has 0 aliphatic carbocycles. The van der Waals surface area contributed by atoms with Gasteiger partial charge in [0.2, 0.25) is 5.13 Å². The molecule has 1 aromatic heterocycles. The number of rotatable bonds is 3. The van der Waals surface area contributed by atoms with E-state index in [0.717, 1.165) is 11.1 Å². The van der Waals surface area contributed by atoms with E-state index in [1.807, 2.05) is 0 Å². The predicted molar refractivity (Wildman–Crippen MR) is 82.6 cm³/mol. The Balaban J connectivity index is 2.30. The molecule has 0 aliphatic heterocycles. The summed E-state index contributed by atoms with van der Waals surface area (Å²) in [6.07, 6.45) is 0. The highest BCUT2D eigenvalue weighted by Crippen LogP contribution is 2.21. The zero-order chi connectivity index (χ0) is 15.5. The van der Waals surface area contributed by atoms with Gasteiger partial charge in [0.25, 0.3) is 10.0 Å². The first-order chi connectivity index (χ1) is 9.92. The van der Waals surface area contributed by atoms with E-state index in [1.165, 1.54) is 17.4 Å². The monoisotopic (exact) mass is 322 g/mol. The molecule has 8 heteroatoms. The van der Waals surface area contributed by atoms with Crippen LogP contribution in [-0.2, 0) is 10.0 Å². The van der Waals surface area contributed by atoms with Gasteiger partial charge in [-0.25, -0.2) is 8.42 Å². The lowest BCUT2D eigenvalue weighted by molar-refractivity contribution is 0.601. The van der Waals surface area contributed by atoms with Crippen LogP contribution in [0.4, 0.5) is 5.13 Å². The van der Waals surface area contributed by atoms with Gasteiger partial charge in [-0.15, -0.1) is 10.2 Å². The number of hydrogen-bond donors (Lipinski definition) is 2. The van der Waals surface area contributed by atoms with Gasteiger partial charge < -0.3 is 5.73 Å². The fourth-order valence-electron chi connectivity index (χ4n) is 1.60. The number of hydrogen-bond acceptors (Lipinski definition) is 6. The number of anilines is 1. The van der Waals surface area contributed by atoms with E-state index in [1.54, 1.807) is 26.0 Å². The highest BCUT2D eigenvalue weighted by molar-refractivity contribution is 7.93. The smallest absolute Gasteiger partial charge is 0.263 e. The average Bonchev–Trinajstić information content (AvgIpc) is 2.82. The van der Waals surface area contributed by atoms with Crippen molar-refractivity contribution in [2.75, 3.05) is 11.3 Å². The number of aromatic nitrogens is 2. The molecule has 1 aromatic carbocycles. The lowest BCUT2D eigenvalue weighted by Crippen LogP contribution is -2.13. The Morgan fingerprint density at radius 2 is 2.10 bits per heavy atom. The van der Waals surface area contributed by atoms with E-state index in [2.05, 4.69) is 26.8 Å². The molecule has 0 saturated heterocycles. The molecule has 110 valence electrons. The van der Waals surface area contributed by atoms with Crippen molar-refractivity contribution in [1.29, 1.82) is 0 Å². The molecule has 0 radical (unpaired) electrons. The lowest BCUT2D eigenvalue weighted by Gasteiger charge is -2.06. The number of nitrogens with one attached hydrogen (secondary N) is 1. The molecule has 0 saturated carbocycles. The molecule has 3 N–H and O–H groups in total. The average molecular weight is 322 g/mol. The van der Waals surface area contributed by atoms with Crippen LogP contribution in [0, 0.1) is 25.7 Å². The molecule has 0 spiro atoms. The number of nitrogens with two attached hydrogens (primary N) is 1. The molecular formula is C13H14N4O2S2. The SMILES string of the molecule is Cc1nnc(NS(=O)(=O)c2ccc(C#CCN)c(C)c2)s1. The van der Waals surface area contributed by atoms with Crippen molar-refractivity contribution in [3.63, 3.8) is 0 Å². The topological polar surface area (TPSA) is 98.0 Å². The van der Waals surface area contributed by atoms with Crippen LogP contribution in [0.3, 0.4) is 0 Å². The summed E-state index contributed by atoms with van der Waals surface area (Å²) in [5.74, 6) is 5.64. The van der Waals surface area contributed by atoms with Crippen molar-refractivity contribution in [2.45, 2.75) is 18.7 Å². The molecule has 0 unspecified atom stereocenters. The van der Waals surface area contributed by atoms with E-state index < -0.39 is 10.0 Å². The van der Waals surface area contributed by atoms with E-state index in [-0.39, 0.29) is 16.6 Å². The molecule has 1 heterocycles. The Morgan fingerprint density at radius 1 is 1.33 bits per heavy atom. The van der Waals surface area contributed by atoms with Crippen molar-refractivity contribution in [3.8, 4) is 11.8 Å². The normalized spacial score (nSPS) is 10.8. The van der Waals surface area contributed by atoms with E-state index in [9.17, 15) is 8.42 Å². The van der Waals surface area contributed by atoms with Crippen LogP contribution in [0.1, 0.15) is 16.1 Å². The minimum atomic E-state index is -3.67. The van der Waals surface area contributed by atoms with Gasteiger partial charge in [-0.05, 0) is 37.6 Å². The van der Waals surface area contributed by atoms with Crippen molar-refractivity contribution in [1.82, 2.24) is 10.2 Å². The Labute approximate surface area is 127 Å². The maximum atomic E-state index is 12.3. The number of sulfonamides is 1. The van der Waals surface area contributed by atoms with Gasteiger partial charge in [-0.1, -0.05) is 23.2 Å². The van der Waals surface area contributed by atoms with Gasteiger partial charge in [-0.3, -0.25) is 4.72 Å². The first-order valence-corrected chi connectivity index (χ1v) is 8.35. The summed E-state index contributed by atoms with van der Waals surface area (Å²) in [5, 5.41) is 8.46. The largest absolute Gasteiger partial charge is 0.320 e. The molecule has 0 aliphatic rings. The second-order valence-corrected chi connectivity index (χ2v) is 7.08. The van der Waals surface area contributed by atoms with Gasteiger partial charge >= 0.3 is 0 Å². The number of benzene rings is 1. The second kappa shape index (κ2) is 6.22. The van der Waals surface area contributed by atoms with E-state index in [0.29, 0.717) is 5.01 Å². The summed E-state index contributed by atoms with van der Waals surface area (Å²) in [5.41, 5.74) is 6.85. The zero-order valence-electron chi connectivity index (χ0n) is 11.5. The van der Waals surface area contributed by atoms with Crippen LogP contribution in [0.2, 0.25) is 0 Å². The Morgan fingerprint density at radius 3 is 2.67 bits per heavy atom. The fourth-order valence-corrected chi connectivity index (χ4v) is 3.51. The minimum Gasteiger partial charge on any atom is -0.320 e. The Hall–Kier alpha value is -1.95. The van der Waals surface area contributed by atoms with Gasteiger partial charge in [0.1, 0.15) is 5.01 Å². The Kier molecular flexibility index (Phi) is 4.57.